The predicted octanol–water partition coefficient (Wildman–Crippen LogP) is 5.55. The first-order valence-corrected chi connectivity index (χ1v) is 17.7. The Labute approximate surface area is 266 Å². The summed E-state index contributed by atoms with van der Waals surface area (Å²) in [4.78, 5) is 15.7. The van der Waals surface area contributed by atoms with Crippen LogP contribution in [0.2, 0.25) is 5.02 Å². The molecule has 240 valence electrons. The first-order valence-electron chi connectivity index (χ1n) is 15.8. The number of hydrogen-bond acceptors (Lipinski definition) is 7. The number of fused-ring (bicyclic) bond motifs is 3. The Kier molecular flexibility index (Phi) is 10.3. The summed E-state index contributed by atoms with van der Waals surface area (Å²) in [6.45, 7) is 5.17. The second-order valence-corrected chi connectivity index (χ2v) is 15.1. The van der Waals surface area contributed by atoms with Gasteiger partial charge in [0.05, 0.1) is 24.2 Å². The lowest BCUT2D eigenvalue weighted by atomic mass is 9.64. The molecule has 2 N–H and O–H groups in total. The summed E-state index contributed by atoms with van der Waals surface area (Å²) in [7, 11) is -2.32. The molecule has 1 aliphatic carbocycles. The van der Waals surface area contributed by atoms with Gasteiger partial charge in [0.1, 0.15) is 11.4 Å². The molecule has 2 heterocycles. The highest BCUT2D eigenvalue weighted by atomic mass is 35.5. The molecule has 2 aromatic carbocycles. The van der Waals surface area contributed by atoms with Crippen molar-refractivity contribution in [1.29, 1.82) is 0 Å². The smallest absolute Gasteiger partial charge is 0.264 e. The number of hydrogen-bond donors (Lipinski definition) is 2. The van der Waals surface area contributed by atoms with E-state index in [1.807, 2.05) is 25.1 Å². The van der Waals surface area contributed by atoms with Gasteiger partial charge in [0.2, 0.25) is 10.0 Å². The second kappa shape index (κ2) is 13.8. The molecule has 2 aliphatic heterocycles. The molecule has 1 fully saturated rings. The van der Waals surface area contributed by atoms with Crippen LogP contribution in [0.25, 0.3) is 0 Å². The third kappa shape index (κ3) is 6.96. The Morgan fingerprint density at radius 3 is 2.66 bits per heavy atom. The Balaban J connectivity index is 1.55. The maximum atomic E-state index is 13.4. The quantitative estimate of drug-likeness (QED) is 0.413. The average Bonchev–Trinajstić information content (AvgIpc) is 2.98. The number of halogens is 1. The van der Waals surface area contributed by atoms with Crippen LogP contribution in [-0.2, 0) is 27.6 Å². The summed E-state index contributed by atoms with van der Waals surface area (Å²) in [6.07, 6.45) is 9.72. The molecule has 10 heteroatoms. The van der Waals surface area contributed by atoms with E-state index in [1.54, 1.807) is 32.2 Å². The van der Waals surface area contributed by atoms with Gasteiger partial charge in [-0.05, 0) is 105 Å². The number of ether oxygens (including phenoxy) is 2. The fourth-order valence-corrected chi connectivity index (χ4v) is 8.33. The van der Waals surface area contributed by atoms with Gasteiger partial charge in [0.25, 0.3) is 5.91 Å². The monoisotopic (exact) mass is 644 g/mol. The fourth-order valence-electron chi connectivity index (χ4n) is 6.85. The van der Waals surface area contributed by atoms with Gasteiger partial charge in [0, 0.05) is 37.2 Å². The molecule has 5 atom stereocenters. The van der Waals surface area contributed by atoms with Gasteiger partial charge in [-0.15, -0.1) is 0 Å². The van der Waals surface area contributed by atoms with E-state index in [-0.39, 0.29) is 29.9 Å². The van der Waals surface area contributed by atoms with Crippen LogP contribution in [0.4, 0.5) is 5.69 Å². The van der Waals surface area contributed by atoms with Crippen LogP contribution in [0.3, 0.4) is 0 Å². The van der Waals surface area contributed by atoms with E-state index in [4.69, 9.17) is 21.1 Å². The number of nitrogens with one attached hydrogen (secondary N) is 1. The van der Waals surface area contributed by atoms with E-state index in [9.17, 15) is 18.3 Å². The van der Waals surface area contributed by atoms with Crippen LogP contribution in [0.15, 0.2) is 48.6 Å². The number of benzene rings is 2. The van der Waals surface area contributed by atoms with Crippen LogP contribution in [0.1, 0.15) is 67.4 Å². The molecule has 0 saturated heterocycles. The Bertz CT molecular complexity index is 1470. The second-order valence-electron chi connectivity index (χ2n) is 12.7. The molecule has 3 aliphatic rings. The normalized spacial score (nSPS) is 30.2. The number of aryl methyl sites for hydroxylation is 1. The molecule has 0 unspecified atom stereocenters. The summed E-state index contributed by atoms with van der Waals surface area (Å²) >= 11 is 6.33. The van der Waals surface area contributed by atoms with Crippen molar-refractivity contribution in [3.63, 3.8) is 0 Å². The lowest BCUT2D eigenvalue weighted by Gasteiger charge is -2.49. The van der Waals surface area contributed by atoms with Gasteiger partial charge in [-0.3, -0.25) is 4.79 Å². The minimum atomic E-state index is -3.95. The van der Waals surface area contributed by atoms with Gasteiger partial charge >= 0.3 is 0 Å². The molecule has 8 nitrogen and oxygen atoms in total. The van der Waals surface area contributed by atoms with Crippen LogP contribution in [-0.4, -0.2) is 63.7 Å². The van der Waals surface area contributed by atoms with Gasteiger partial charge < -0.3 is 19.5 Å². The molecule has 0 aromatic heterocycles. The Morgan fingerprint density at radius 2 is 1.93 bits per heavy atom. The van der Waals surface area contributed by atoms with Crippen LogP contribution < -0.4 is 14.4 Å². The van der Waals surface area contributed by atoms with Crippen molar-refractivity contribution < 1.29 is 27.8 Å². The van der Waals surface area contributed by atoms with E-state index in [1.165, 1.54) is 11.1 Å². The third-order valence-corrected chi connectivity index (χ3v) is 12.2. The first-order chi connectivity index (χ1) is 21.1. The number of anilines is 1. The topological polar surface area (TPSA) is 105 Å². The molecule has 0 radical (unpaired) electrons. The van der Waals surface area contributed by atoms with Crippen molar-refractivity contribution in [2.75, 3.05) is 38.3 Å². The number of rotatable bonds is 2. The molecule has 2 bridgehead atoms. The lowest BCUT2D eigenvalue weighted by molar-refractivity contribution is -0.103. The molecular weight excluding hydrogens is 600 g/mol. The van der Waals surface area contributed by atoms with Crippen molar-refractivity contribution in [3.8, 4) is 5.75 Å². The van der Waals surface area contributed by atoms with Crippen LogP contribution in [0.5, 0.6) is 5.75 Å². The fraction of sp³-hybridized carbons (Fsp3) is 0.559. The Morgan fingerprint density at radius 1 is 1.11 bits per heavy atom. The number of methoxy groups -OCH3 is 1. The van der Waals surface area contributed by atoms with E-state index < -0.39 is 26.8 Å². The summed E-state index contributed by atoms with van der Waals surface area (Å²) in [5, 5.41) is 10.5. The van der Waals surface area contributed by atoms with Gasteiger partial charge in [0.15, 0.2) is 0 Å². The number of allylic oxidation sites excluding steroid dienone is 1. The standard InChI is InChI=1S/C34H45ClN2O6S/c1-23-7-6-16-34(22-38,42-3)30-13-10-28(30)21-37-17-5-4-8-26-19-29(35)12-9-25(26)15-18-43-32-14-11-27(20-31(32)37)33(39)36-44(40,41)24(23)2/h6,9,11-12,14,16,19-20,23-24,28,30,38H,4-5,7-8,10,13,15,17-18,21-22H2,1-3H3,(H,36,39)/b16-6+/t23-,24+,28-,30+,34+/m0/s1. The van der Waals surface area contributed by atoms with Crippen molar-refractivity contribution in [2.45, 2.75) is 69.6 Å². The lowest BCUT2D eigenvalue weighted by Crippen LogP contribution is -2.53. The van der Waals surface area contributed by atoms with E-state index in [0.717, 1.165) is 49.4 Å². The molecule has 0 spiro atoms. The summed E-state index contributed by atoms with van der Waals surface area (Å²) < 4.78 is 41.3. The van der Waals surface area contributed by atoms with Crippen molar-refractivity contribution >= 4 is 33.2 Å². The molecule has 44 heavy (non-hydrogen) atoms. The average molecular weight is 645 g/mol. The van der Waals surface area contributed by atoms with Gasteiger partial charge in [-0.2, -0.15) is 0 Å². The van der Waals surface area contributed by atoms with Crippen LogP contribution >= 0.6 is 11.6 Å². The minimum Gasteiger partial charge on any atom is -0.491 e. The zero-order valence-electron chi connectivity index (χ0n) is 25.9. The number of aliphatic hydroxyl groups is 1. The highest BCUT2D eigenvalue weighted by Crippen LogP contribution is 2.46. The molecule has 1 saturated carbocycles. The minimum absolute atomic E-state index is 0.0874. The summed E-state index contributed by atoms with van der Waals surface area (Å²) in [5.41, 5.74) is 2.64. The molecular formula is C34H45ClN2O6S. The number of carbonyl (C=O) groups excluding carboxylic acids is 1. The van der Waals surface area contributed by atoms with Crippen molar-refractivity contribution in [1.82, 2.24) is 4.72 Å². The summed E-state index contributed by atoms with van der Waals surface area (Å²) in [6, 6.07) is 11.2. The van der Waals surface area contributed by atoms with Gasteiger partial charge in [-0.1, -0.05) is 36.7 Å². The van der Waals surface area contributed by atoms with E-state index in [0.29, 0.717) is 31.7 Å². The zero-order valence-corrected chi connectivity index (χ0v) is 27.5. The van der Waals surface area contributed by atoms with Crippen molar-refractivity contribution in [2.24, 2.45) is 17.8 Å². The van der Waals surface area contributed by atoms with E-state index in [2.05, 4.69) is 21.8 Å². The van der Waals surface area contributed by atoms with Crippen LogP contribution in [0, 0.1) is 17.8 Å². The highest BCUT2D eigenvalue weighted by molar-refractivity contribution is 7.90. The largest absolute Gasteiger partial charge is 0.491 e. The van der Waals surface area contributed by atoms with E-state index >= 15 is 0 Å². The first kappa shape index (κ1) is 32.8. The highest BCUT2D eigenvalue weighted by Gasteiger charge is 2.47. The zero-order chi connectivity index (χ0) is 31.5. The van der Waals surface area contributed by atoms with Gasteiger partial charge in [-0.25, -0.2) is 13.1 Å². The Hall–Kier alpha value is -2.59. The molecule has 2 aromatic rings. The summed E-state index contributed by atoms with van der Waals surface area (Å²) in [5.74, 6) is 0.0704. The predicted molar refractivity (Wildman–Crippen MR) is 174 cm³/mol. The molecule has 5 rings (SSSR count). The maximum Gasteiger partial charge on any atom is 0.264 e. The SMILES string of the molecule is CO[C@@]1(CO)/C=C/C[C@H](C)[C@@H](C)S(=O)(=O)NC(=O)c2ccc3c(c2)N(CCCCc2cc(Cl)ccc2CCO3)C[C@@H]2CC[C@H]21. The number of amides is 1. The number of sulfonamides is 1. The number of carbonyl (C=O) groups is 1. The molecule has 1 amide bonds. The number of nitrogens with zero attached hydrogens (tertiary/aromatic N) is 1. The number of aliphatic hydroxyl groups excluding tert-OH is 1. The van der Waals surface area contributed by atoms with Crippen molar-refractivity contribution in [3.05, 3.63) is 70.3 Å². The maximum absolute atomic E-state index is 13.4. The third-order valence-electron chi connectivity index (χ3n) is 10.0.